The molecule has 0 spiro atoms. The largest absolute Gasteiger partial charge is 0.494 e. The first-order valence-corrected chi connectivity index (χ1v) is 5.39. The molecule has 0 aliphatic heterocycles. The molecule has 1 aromatic rings. The number of hydrogen-bond acceptors (Lipinski definition) is 3. The Bertz CT molecular complexity index is 289. The normalized spacial score (nSPS) is 12.5. The first-order valence-electron chi connectivity index (χ1n) is 5.39. The maximum atomic E-state index is 5.76. The highest BCUT2D eigenvalue weighted by Gasteiger charge is 2.13. The maximum absolute atomic E-state index is 5.76. The van der Waals surface area contributed by atoms with Gasteiger partial charge in [0.05, 0.1) is 6.61 Å². The molecule has 84 valence electrons. The lowest BCUT2D eigenvalue weighted by Gasteiger charge is -2.18. The first-order chi connectivity index (χ1) is 7.33. The van der Waals surface area contributed by atoms with Gasteiger partial charge in [0.25, 0.3) is 0 Å². The highest BCUT2D eigenvalue weighted by molar-refractivity contribution is 5.36. The van der Waals surface area contributed by atoms with Crippen molar-refractivity contribution in [2.45, 2.75) is 12.8 Å². The second-order valence-electron chi connectivity index (χ2n) is 3.46. The number of hydrogen-bond donors (Lipinski definition) is 2. The van der Waals surface area contributed by atoms with E-state index in [2.05, 4.69) is 11.4 Å². The van der Waals surface area contributed by atoms with Crippen molar-refractivity contribution in [2.24, 2.45) is 5.73 Å². The predicted molar refractivity (Wildman–Crippen MR) is 63.3 cm³/mol. The van der Waals surface area contributed by atoms with Crippen molar-refractivity contribution in [1.29, 1.82) is 0 Å². The Hall–Kier alpha value is -1.06. The van der Waals surface area contributed by atoms with E-state index in [1.54, 1.807) is 0 Å². The van der Waals surface area contributed by atoms with Crippen LogP contribution >= 0.6 is 0 Å². The molecule has 0 fully saturated rings. The van der Waals surface area contributed by atoms with E-state index in [1.807, 2.05) is 32.2 Å². The van der Waals surface area contributed by atoms with E-state index in [0.717, 1.165) is 12.3 Å². The summed E-state index contributed by atoms with van der Waals surface area (Å²) in [5.41, 5.74) is 6.95. The fraction of sp³-hybridized carbons (Fsp3) is 0.500. The van der Waals surface area contributed by atoms with Crippen LogP contribution in [0, 0.1) is 0 Å². The van der Waals surface area contributed by atoms with E-state index in [9.17, 15) is 0 Å². The van der Waals surface area contributed by atoms with Gasteiger partial charge in [-0.25, -0.2) is 0 Å². The van der Waals surface area contributed by atoms with Crippen molar-refractivity contribution in [1.82, 2.24) is 5.32 Å². The summed E-state index contributed by atoms with van der Waals surface area (Å²) in [6, 6.07) is 8.09. The van der Waals surface area contributed by atoms with Crippen molar-refractivity contribution in [2.75, 3.05) is 26.7 Å². The Morgan fingerprint density at radius 1 is 1.40 bits per heavy atom. The van der Waals surface area contributed by atoms with Crippen LogP contribution in [0.1, 0.15) is 18.4 Å². The van der Waals surface area contributed by atoms with Gasteiger partial charge >= 0.3 is 0 Å². The highest BCUT2D eigenvalue weighted by atomic mass is 16.5. The summed E-state index contributed by atoms with van der Waals surface area (Å²) in [5.74, 6) is 1.27. The lowest BCUT2D eigenvalue weighted by atomic mass is 9.98. The van der Waals surface area contributed by atoms with Gasteiger partial charge in [-0.1, -0.05) is 18.2 Å². The molecular formula is C12H20N2O. The molecule has 3 N–H and O–H groups in total. The van der Waals surface area contributed by atoms with Gasteiger partial charge in [-0.15, -0.1) is 0 Å². The summed E-state index contributed by atoms with van der Waals surface area (Å²) >= 11 is 0. The second kappa shape index (κ2) is 6.43. The van der Waals surface area contributed by atoms with Crippen LogP contribution in [0.4, 0.5) is 0 Å². The number of likely N-dealkylation sites (N-methyl/N-ethyl adjacent to an activating group) is 1. The second-order valence-corrected chi connectivity index (χ2v) is 3.46. The quantitative estimate of drug-likeness (QED) is 0.742. The fourth-order valence-corrected chi connectivity index (χ4v) is 1.67. The summed E-state index contributed by atoms with van der Waals surface area (Å²) < 4.78 is 5.58. The zero-order valence-corrected chi connectivity index (χ0v) is 9.49. The molecule has 0 saturated carbocycles. The summed E-state index contributed by atoms with van der Waals surface area (Å²) in [4.78, 5) is 0. The molecule has 1 rings (SSSR count). The van der Waals surface area contributed by atoms with Gasteiger partial charge in [0.2, 0.25) is 0 Å². The molecular weight excluding hydrogens is 188 g/mol. The van der Waals surface area contributed by atoms with Crippen molar-refractivity contribution >= 4 is 0 Å². The van der Waals surface area contributed by atoms with Gasteiger partial charge in [-0.05, 0) is 25.6 Å². The minimum Gasteiger partial charge on any atom is -0.494 e. The Kier molecular flexibility index (Phi) is 5.15. The monoisotopic (exact) mass is 208 g/mol. The van der Waals surface area contributed by atoms with Gasteiger partial charge in [0, 0.05) is 19.0 Å². The molecule has 1 aromatic carbocycles. The average molecular weight is 208 g/mol. The topological polar surface area (TPSA) is 47.3 Å². The van der Waals surface area contributed by atoms with Gasteiger partial charge in [0.15, 0.2) is 0 Å². The van der Waals surface area contributed by atoms with E-state index in [1.165, 1.54) is 5.56 Å². The smallest absolute Gasteiger partial charge is 0.122 e. The molecule has 0 amide bonds. The first kappa shape index (κ1) is 12.0. The van der Waals surface area contributed by atoms with Crippen LogP contribution < -0.4 is 15.8 Å². The third-order valence-corrected chi connectivity index (χ3v) is 2.39. The standard InChI is InChI=1S/C12H20N2O/c1-3-15-12-7-5-4-6-11(12)10(8-13)9-14-2/h4-7,10,14H,3,8-9,13H2,1-2H3. The molecule has 0 aliphatic rings. The summed E-state index contributed by atoms with van der Waals surface area (Å²) in [7, 11) is 1.94. The van der Waals surface area contributed by atoms with Crippen LogP contribution in [-0.4, -0.2) is 26.7 Å². The van der Waals surface area contributed by atoms with Gasteiger partial charge in [-0.3, -0.25) is 0 Å². The molecule has 0 bridgehead atoms. The molecule has 0 aromatic heterocycles. The van der Waals surface area contributed by atoms with Crippen molar-refractivity contribution in [3.05, 3.63) is 29.8 Å². The van der Waals surface area contributed by atoms with E-state index in [-0.39, 0.29) is 0 Å². The summed E-state index contributed by atoms with van der Waals surface area (Å²) in [6.45, 7) is 4.19. The fourth-order valence-electron chi connectivity index (χ4n) is 1.67. The number of nitrogens with two attached hydrogens (primary N) is 1. The van der Waals surface area contributed by atoms with Crippen LogP contribution in [0.2, 0.25) is 0 Å². The minimum absolute atomic E-state index is 0.317. The zero-order valence-electron chi connectivity index (χ0n) is 9.49. The Labute approximate surface area is 91.6 Å². The van der Waals surface area contributed by atoms with Crippen LogP contribution in [-0.2, 0) is 0 Å². The number of benzene rings is 1. The van der Waals surface area contributed by atoms with Crippen LogP contribution in [0.3, 0.4) is 0 Å². The summed E-state index contributed by atoms with van der Waals surface area (Å²) in [6.07, 6.45) is 0. The number of rotatable bonds is 6. The lowest BCUT2D eigenvalue weighted by molar-refractivity contribution is 0.334. The number of nitrogens with one attached hydrogen (secondary N) is 1. The average Bonchev–Trinajstić information content (AvgIpc) is 2.27. The SMILES string of the molecule is CCOc1ccccc1C(CN)CNC. The van der Waals surface area contributed by atoms with Crippen molar-refractivity contribution in [3.8, 4) is 5.75 Å². The molecule has 0 heterocycles. The predicted octanol–water partition coefficient (Wildman–Crippen LogP) is 1.35. The van der Waals surface area contributed by atoms with E-state index < -0.39 is 0 Å². The molecule has 0 aliphatic carbocycles. The highest BCUT2D eigenvalue weighted by Crippen LogP contribution is 2.25. The van der Waals surface area contributed by atoms with Crippen LogP contribution in [0.15, 0.2) is 24.3 Å². The van der Waals surface area contributed by atoms with Crippen LogP contribution in [0.25, 0.3) is 0 Å². The van der Waals surface area contributed by atoms with Gasteiger partial charge in [0.1, 0.15) is 5.75 Å². The Morgan fingerprint density at radius 2 is 2.13 bits per heavy atom. The molecule has 3 nitrogen and oxygen atoms in total. The van der Waals surface area contributed by atoms with Crippen LogP contribution in [0.5, 0.6) is 5.75 Å². The number of para-hydroxylation sites is 1. The van der Waals surface area contributed by atoms with Crippen molar-refractivity contribution in [3.63, 3.8) is 0 Å². The molecule has 0 saturated heterocycles. The molecule has 1 atom stereocenters. The lowest BCUT2D eigenvalue weighted by Crippen LogP contribution is -2.24. The van der Waals surface area contributed by atoms with Crippen molar-refractivity contribution < 1.29 is 4.74 Å². The minimum atomic E-state index is 0.317. The Morgan fingerprint density at radius 3 is 2.73 bits per heavy atom. The van der Waals surface area contributed by atoms with E-state index in [4.69, 9.17) is 10.5 Å². The molecule has 15 heavy (non-hydrogen) atoms. The molecule has 3 heteroatoms. The Balaban J connectivity index is 2.88. The summed E-state index contributed by atoms with van der Waals surface area (Å²) in [5, 5.41) is 3.15. The van der Waals surface area contributed by atoms with Gasteiger partial charge < -0.3 is 15.8 Å². The molecule has 1 unspecified atom stereocenters. The third-order valence-electron chi connectivity index (χ3n) is 2.39. The van der Waals surface area contributed by atoms with E-state index >= 15 is 0 Å². The zero-order chi connectivity index (χ0) is 11.1. The third kappa shape index (κ3) is 3.22. The number of ether oxygens (including phenoxy) is 1. The maximum Gasteiger partial charge on any atom is 0.122 e. The molecule has 0 radical (unpaired) electrons. The van der Waals surface area contributed by atoms with E-state index in [0.29, 0.717) is 19.1 Å². The van der Waals surface area contributed by atoms with Gasteiger partial charge in [-0.2, -0.15) is 0 Å².